The molecule has 0 saturated carbocycles. The van der Waals surface area contributed by atoms with Gasteiger partial charge in [0, 0.05) is 0 Å². The van der Waals surface area contributed by atoms with Crippen LogP contribution >= 0.6 is 0 Å². The summed E-state index contributed by atoms with van der Waals surface area (Å²) >= 11 is 0. The summed E-state index contributed by atoms with van der Waals surface area (Å²) in [5.41, 5.74) is -5.10. The predicted molar refractivity (Wildman–Crippen MR) is 37.5 cm³/mol. The van der Waals surface area contributed by atoms with Crippen LogP contribution in [0.5, 0.6) is 0 Å². The standard InChI is InChI=1S/C7H6F6O2/c1-3-15-4(2)5(14,6(8,9)10)7(11,12)13/h3,14H,1-2H2. The Morgan fingerprint density at radius 3 is 1.60 bits per heavy atom. The summed E-state index contributed by atoms with van der Waals surface area (Å²) in [6.07, 6.45) is -11.7. The molecular weight excluding hydrogens is 230 g/mol. The zero-order chi connectivity index (χ0) is 12.5. The van der Waals surface area contributed by atoms with Crippen LogP contribution in [0.3, 0.4) is 0 Å². The third kappa shape index (κ3) is 2.25. The second-order valence-electron chi connectivity index (χ2n) is 2.41. The van der Waals surface area contributed by atoms with Gasteiger partial charge in [-0.1, -0.05) is 13.2 Å². The van der Waals surface area contributed by atoms with Gasteiger partial charge in [-0.2, -0.15) is 26.3 Å². The smallest absolute Gasteiger partial charge is 0.433 e. The van der Waals surface area contributed by atoms with Crippen molar-refractivity contribution in [1.82, 2.24) is 0 Å². The fourth-order valence-electron chi connectivity index (χ4n) is 0.663. The fraction of sp³-hybridized carbons (Fsp3) is 0.429. The van der Waals surface area contributed by atoms with E-state index in [1.165, 1.54) is 0 Å². The summed E-state index contributed by atoms with van der Waals surface area (Å²) in [7, 11) is 0. The molecule has 0 spiro atoms. The summed E-state index contributed by atoms with van der Waals surface area (Å²) in [5.74, 6) is -1.91. The highest BCUT2D eigenvalue weighted by molar-refractivity contribution is 5.15. The quantitative estimate of drug-likeness (QED) is 0.602. The highest BCUT2D eigenvalue weighted by Crippen LogP contribution is 2.47. The molecule has 2 nitrogen and oxygen atoms in total. The number of hydrogen-bond acceptors (Lipinski definition) is 2. The summed E-state index contributed by atoms with van der Waals surface area (Å²) in [4.78, 5) is 0. The molecule has 88 valence electrons. The minimum atomic E-state index is -5.98. The number of aliphatic hydroxyl groups is 1. The molecule has 0 saturated heterocycles. The molecule has 0 amide bonds. The van der Waals surface area contributed by atoms with E-state index in [9.17, 15) is 26.3 Å². The summed E-state index contributed by atoms with van der Waals surface area (Å²) < 4.78 is 75.9. The molecule has 0 aliphatic heterocycles. The fourth-order valence-corrected chi connectivity index (χ4v) is 0.663. The Bertz CT molecular complexity index is 250. The molecule has 0 atom stereocenters. The molecule has 0 bridgehead atoms. The van der Waals surface area contributed by atoms with Crippen molar-refractivity contribution in [3.8, 4) is 0 Å². The molecule has 0 aliphatic rings. The topological polar surface area (TPSA) is 29.5 Å². The van der Waals surface area contributed by atoms with Crippen LogP contribution in [0.2, 0.25) is 0 Å². The van der Waals surface area contributed by atoms with Crippen LogP contribution in [0, 0.1) is 0 Å². The van der Waals surface area contributed by atoms with E-state index in [2.05, 4.69) is 17.9 Å². The molecule has 0 aromatic rings. The van der Waals surface area contributed by atoms with Crippen molar-refractivity contribution in [3.05, 3.63) is 25.2 Å². The average molecular weight is 236 g/mol. The van der Waals surface area contributed by atoms with Crippen molar-refractivity contribution >= 4 is 0 Å². The van der Waals surface area contributed by atoms with E-state index in [-0.39, 0.29) is 0 Å². The Morgan fingerprint density at radius 2 is 1.40 bits per heavy atom. The molecule has 8 heteroatoms. The monoisotopic (exact) mass is 236 g/mol. The molecule has 15 heavy (non-hydrogen) atoms. The van der Waals surface area contributed by atoms with Crippen molar-refractivity contribution in [2.24, 2.45) is 0 Å². The van der Waals surface area contributed by atoms with Crippen LogP contribution in [0.4, 0.5) is 26.3 Å². The van der Waals surface area contributed by atoms with Gasteiger partial charge < -0.3 is 9.84 Å². The largest absolute Gasteiger partial charge is 0.467 e. The van der Waals surface area contributed by atoms with Gasteiger partial charge in [0.25, 0.3) is 0 Å². The van der Waals surface area contributed by atoms with Crippen molar-refractivity contribution < 1.29 is 36.2 Å². The van der Waals surface area contributed by atoms with Crippen molar-refractivity contribution in [2.75, 3.05) is 0 Å². The molecule has 0 heterocycles. The zero-order valence-electron chi connectivity index (χ0n) is 7.11. The Balaban J connectivity index is 5.42. The normalized spacial score (nSPS) is 13.5. The van der Waals surface area contributed by atoms with Crippen LogP contribution in [-0.2, 0) is 4.74 Å². The van der Waals surface area contributed by atoms with Gasteiger partial charge in [-0.05, 0) is 0 Å². The van der Waals surface area contributed by atoms with Crippen LogP contribution < -0.4 is 0 Å². The minimum Gasteiger partial charge on any atom is -0.467 e. The summed E-state index contributed by atoms with van der Waals surface area (Å²) in [6.45, 7) is 5.12. The predicted octanol–water partition coefficient (Wildman–Crippen LogP) is 2.52. The second-order valence-corrected chi connectivity index (χ2v) is 2.41. The first-order valence-electron chi connectivity index (χ1n) is 3.31. The lowest BCUT2D eigenvalue weighted by Gasteiger charge is -2.32. The Morgan fingerprint density at radius 1 is 1.07 bits per heavy atom. The van der Waals surface area contributed by atoms with E-state index in [1.54, 1.807) is 0 Å². The first-order chi connectivity index (χ1) is 6.48. The van der Waals surface area contributed by atoms with Crippen molar-refractivity contribution in [1.29, 1.82) is 0 Å². The molecule has 0 fully saturated rings. The van der Waals surface area contributed by atoms with Gasteiger partial charge in [-0.15, -0.1) is 0 Å². The number of halogens is 6. The molecular formula is C7H6F6O2. The molecule has 0 aromatic carbocycles. The maximum atomic E-state index is 12.0. The van der Waals surface area contributed by atoms with Gasteiger partial charge in [0.1, 0.15) is 5.76 Å². The maximum Gasteiger partial charge on any atom is 0.433 e. The highest BCUT2D eigenvalue weighted by Gasteiger charge is 2.73. The Hall–Kier alpha value is -1.18. The highest BCUT2D eigenvalue weighted by atomic mass is 19.4. The molecule has 0 unspecified atom stereocenters. The van der Waals surface area contributed by atoms with Gasteiger partial charge in [0.2, 0.25) is 0 Å². The Labute approximate surface area is 80.5 Å². The average Bonchev–Trinajstić information content (AvgIpc) is 1.99. The van der Waals surface area contributed by atoms with E-state index < -0.39 is 23.7 Å². The number of hydrogen-bond donors (Lipinski definition) is 1. The molecule has 0 aliphatic carbocycles. The SMILES string of the molecule is C=COC(=C)C(O)(C(F)(F)F)C(F)(F)F. The molecule has 0 aromatic heterocycles. The molecule has 1 N–H and O–H groups in total. The van der Waals surface area contributed by atoms with Crippen molar-refractivity contribution in [2.45, 2.75) is 18.0 Å². The van der Waals surface area contributed by atoms with Gasteiger partial charge in [-0.25, -0.2) is 0 Å². The third-order valence-corrected chi connectivity index (χ3v) is 1.45. The van der Waals surface area contributed by atoms with E-state index in [4.69, 9.17) is 5.11 Å². The first-order valence-corrected chi connectivity index (χ1v) is 3.31. The summed E-state index contributed by atoms with van der Waals surface area (Å²) in [6, 6.07) is 0. The minimum absolute atomic E-state index is 0.296. The lowest BCUT2D eigenvalue weighted by Crippen LogP contribution is -2.58. The summed E-state index contributed by atoms with van der Waals surface area (Å²) in [5, 5.41) is 8.56. The van der Waals surface area contributed by atoms with Gasteiger partial charge >= 0.3 is 18.0 Å². The third-order valence-electron chi connectivity index (χ3n) is 1.45. The molecule has 0 rings (SSSR count). The zero-order valence-corrected chi connectivity index (χ0v) is 7.11. The van der Waals surface area contributed by atoms with Gasteiger partial charge in [0.05, 0.1) is 6.26 Å². The van der Waals surface area contributed by atoms with E-state index in [0.29, 0.717) is 6.26 Å². The van der Waals surface area contributed by atoms with Gasteiger partial charge in [-0.3, -0.25) is 0 Å². The lowest BCUT2D eigenvalue weighted by atomic mass is 10.0. The maximum absolute atomic E-state index is 12.0. The molecule has 0 radical (unpaired) electrons. The first kappa shape index (κ1) is 13.8. The number of ether oxygens (including phenoxy) is 1. The van der Waals surface area contributed by atoms with Gasteiger partial charge in [0.15, 0.2) is 0 Å². The number of rotatable bonds is 3. The lowest BCUT2D eigenvalue weighted by molar-refractivity contribution is -0.359. The van der Waals surface area contributed by atoms with E-state index >= 15 is 0 Å². The van der Waals surface area contributed by atoms with Crippen molar-refractivity contribution in [3.63, 3.8) is 0 Å². The van der Waals surface area contributed by atoms with E-state index in [0.717, 1.165) is 0 Å². The van der Waals surface area contributed by atoms with Crippen LogP contribution in [0.15, 0.2) is 25.2 Å². The Kier molecular flexibility index (Phi) is 3.47. The second kappa shape index (κ2) is 3.76. The van der Waals surface area contributed by atoms with Crippen LogP contribution in [-0.4, -0.2) is 23.1 Å². The van der Waals surface area contributed by atoms with Crippen LogP contribution in [0.25, 0.3) is 0 Å². The number of alkyl halides is 6. The van der Waals surface area contributed by atoms with Crippen LogP contribution in [0.1, 0.15) is 0 Å². The van der Waals surface area contributed by atoms with E-state index in [1.807, 2.05) is 0 Å².